The Morgan fingerprint density at radius 1 is 0.405 bits per heavy atom. The van der Waals surface area contributed by atoms with E-state index in [1.165, 1.54) is 43.4 Å². The van der Waals surface area contributed by atoms with Gasteiger partial charge in [-0.3, -0.25) is 0 Å². The molecule has 9 rings (SSSR count). The summed E-state index contributed by atoms with van der Waals surface area (Å²) in [5.41, 5.74) is 7.84. The van der Waals surface area contributed by atoms with Crippen LogP contribution in [0.15, 0.2) is 146 Å². The summed E-state index contributed by atoms with van der Waals surface area (Å²) in [6.07, 6.45) is 3.86. The van der Waals surface area contributed by atoms with Crippen LogP contribution in [0.4, 0.5) is 0 Å². The Kier molecular flexibility index (Phi) is 4.87. The van der Waals surface area contributed by atoms with Gasteiger partial charge in [0.2, 0.25) is 0 Å². The zero-order valence-corrected chi connectivity index (χ0v) is 22.6. The minimum Gasteiger partial charge on any atom is -0.309 e. The van der Waals surface area contributed by atoms with Gasteiger partial charge in [0.15, 0.2) is 5.82 Å². The second-order valence-corrected chi connectivity index (χ2v) is 10.7. The molecular formula is C38H24N4. The summed E-state index contributed by atoms with van der Waals surface area (Å²) in [7, 11) is 0. The van der Waals surface area contributed by atoms with Gasteiger partial charge in [0.05, 0.1) is 40.1 Å². The van der Waals surface area contributed by atoms with Crippen LogP contribution in [-0.2, 0) is 0 Å². The summed E-state index contributed by atoms with van der Waals surface area (Å²) in [6, 6.07) is 47.3. The Hall–Kier alpha value is -5.74. The lowest BCUT2D eigenvalue weighted by Gasteiger charge is -2.11. The van der Waals surface area contributed by atoms with E-state index in [0.29, 0.717) is 0 Å². The van der Waals surface area contributed by atoms with Gasteiger partial charge in [0, 0.05) is 38.2 Å². The minimum atomic E-state index is 0.724. The van der Waals surface area contributed by atoms with Crippen LogP contribution in [0.1, 0.15) is 0 Å². The first-order valence-electron chi connectivity index (χ1n) is 14.2. The van der Waals surface area contributed by atoms with Crippen LogP contribution in [-0.4, -0.2) is 19.1 Å². The fourth-order valence-electron chi connectivity index (χ4n) is 6.54. The van der Waals surface area contributed by atoms with Crippen molar-refractivity contribution in [2.75, 3.05) is 0 Å². The molecule has 0 radical (unpaired) electrons. The molecule has 4 nitrogen and oxygen atoms in total. The lowest BCUT2D eigenvalue weighted by atomic mass is 10.0. The van der Waals surface area contributed by atoms with E-state index in [-0.39, 0.29) is 0 Å². The summed E-state index contributed by atoms with van der Waals surface area (Å²) < 4.78 is 4.70. The molecule has 3 heterocycles. The van der Waals surface area contributed by atoms with E-state index >= 15 is 0 Å². The molecule has 9 aromatic rings. The Bertz CT molecular complexity index is 2430. The molecule has 0 atom stereocenters. The van der Waals surface area contributed by atoms with E-state index in [4.69, 9.17) is 9.97 Å². The molecule has 0 N–H and O–H groups in total. The van der Waals surface area contributed by atoms with Gasteiger partial charge in [-0.15, -0.1) is 0 Å². The van der Waals surface area contributed by atoms with Crippen molar-refractivity contribution in [2.45, 2.75) is 0 Å². The summed E-state index contributed by atoms with van der Waals surface area (Å²) >= 11 is 0. The van der Waals surface area contributed by atoms with Crippen LogP contribution in [0.5, 0.6) is 0 Å². The third-order valence-corrected chi connectivity index (χ3v) is 8.39. The van der Waals surface area contributed by atoms with Crippen molar-refractivity contribution in [3.63, 3.8) is 0 Å². The van der Waals surface area contributed by atoms with E-state index in [1.807, 2.05) is 42.7 Å². The molecule has 196 valence electrons. The Morgan fingerprint density at radius 3 is 1.76 bits per heavy atom. The fourth-order valence-corrected chi connectivity index (χ4v) is 6.54. The van der Waals surface area contributed by atoms with Gasteiger partial charge >= 0.3 is 0 Å². The van der Waals surface area contributed by atoms with Crippen LogP contribution in [0.2, 0.25) is 0 Å². The van der Waals surface area contributed by atoms with Crippen molar-refractivity contribution < 1.29 is 0 Å². The molecule has 0 aliphatic rings. The van der Waals surface area contributed by atoms with Gasteiger partial charge in [-0.05, 0) is 41.8 Å². The molecule has 0 spiro atoms. The van der Waals surface area contributed by atoms with Crippen molar-refractivity contribution in [1.82, 2.24) is 19.1 Å². The molecular weight excluding hydrogens is 512 g/mol. The Balaban J connectivity index is 1.36. The topological polar surface area (TPSA) is 35.6 Å². The van der Waals surface area contributed by atoms with Crippen molar-refractivity contribution in [3.8, 4) is 22.8 Å². The highest BCUT2D eigenvalue weighted by atomic mass is 15.0. The molecule has 0 aliphatic carbocycles. The predicted octanol–water partition coefficient (Wildman–Crippen LogP) is 9.49. The molecule has 0 saturated heterocycles. The highest BCUT2D eigenvalue weighted by Crippen LogP contribution is 2.40. The minimum absolute atomic E-state index is 0.724. The lowest BCUT2D eigenvalue weighted by Crippen LogP contribution is -1.98. The monoisotopic (exact) mass is 536 g/mol. The van der Waals surface area contributed by atoms with Crippen LogP contribution in [0, 0.1) is 0 Å². The number of fused-ring (bicyclic) bond motifs is 8. The normalized spacial score (nSPS) is 11.8. The van der Waals surface area contributed by atoms with Crippen LogP contribution in [0.25, 0.3) is 77.1 Å². The van der Waals surface area contributed by atoms with Gasteiger partial charge in [-0.25, -0.2) is 9.97 Å². The van der Waals surface area contributed by atoms with E-state index in [1.54, 1.807) is 0 Å². The van der Waals surface area contributed by atoms with Gasteiger partial charge < -0.3 is 9.13 Å². The quantitative estimate of drug-likeness (QED) is 0.225. The summed E-state index contributed by atoms with van der Waals surface area (Å²) in [4.78, 5) is 9.51. The first-order valence-corrected chi connectivity index (χ1v) is 14.2. The number of hydrogen-bond acceptors (Lipinski definition) is 2. The van der Waals surface area contributed by atoms with Crippen LogP contribution < -0.4 is 0 Å². The zero-order chi connectivity index (χ0) is 27.6. The molecule has 6 aromatic carbocycles. The van der Waals surface area contributed by atoms with E-state index < -0.39 is 0 Å². The summed E-state index contributed by atoms with van der Waals surface area (Å²) in [5, 5.41) is 7.37. The Morgan fingerprint density at radius 2 is 1.02 bits per heavy atom. The fraction of sp³-hybridized carbons (Fsp3) is 0. The second-order valence-electron chi connectivity index (χ2n) is 10.7. The number of aromatic nitrogens is 4. The van der Waals surface area contributed by atoms with Crippen LogP contribution >= 0.6 is 0 Å². The van der Waals surface area contributed by atoms with Crippen LogP contribution in [0.3, 0.4) is 0 Å². The van der Waals surface area contributed by atoms with Crippen molar-refractivity contribution >= 4 is 54.4 Å². The molecule has 0 aliphatic heterocycles. The molecule has 4 heteroatoms. The van der Waals surface area contributed by atoms with E-state index in [2.05, 4.69) is 112 Å². The van der Waals surface area contributed by atoms with Gasteiger partial charge in [0.1, 0.15) is 0 Å². The first-order chi connectivity index (χ1) is 20.8. The maximum atomic E-state index is 4.76. The maximum Gasteiger partial charge on any atom is 0.159 e. The smallest absolute Gasteiger partial charge is 0.159 e. The van der Waals surface area contributed by atoms with Gasteiger partial charge in [0.25, 0.3) is 0 Å². The third-order valence-electron chi connectivity index (χ3n) is 8.39. The van der Waals surface area contributed by atoms with E-state index in [0.717, 1.165) is 33.8 Å². The molecule has 0 fully saturated rings. The Labute approximate surface area is 241 Å². The molecule has 0 bridgehead atoms. The average Bonchev–Trinajstić information content (AvgIpc) is 3.57. The standard InChI is InChI=1S/C38H24N4/c1-3-11-25(12-4-1)38-39-23-28(24-40-38)41-34-17-9-8-16-30(34)33-22-32-26(21-36(33)41)19-20-31-29-15-7-10-18-35(29)42(37(31)32)27-13-5-2-6-14-27/h1-24H. The SMILES string of the molecule is c1ccc(-c2ncc(-n3c4ccccc4c4cc5c(ccc6c7ccccc7n(-c7ccccc7)c56)cc43)cn2)cc1. The molecule has 42 heavy (non-hydrogen) atoms. The third kappa shape index (κ3) is 3.29. The highest BCUT2D eigenvalue weighted by Gasteiger charge is 2.18. The number of rotatable bonds is 3. The van der Waals surface area contributed by atoms with Gasteiger partial charge in [-0.2, -0.15) is 0 Å². The molecule has 0 saturated carbocycles. The average molecular weight is 537 g/mol. The second kappa shape index (κ2) is 8.88. The number of para-hydroxylation sites is 3. The van der Waals surface area contributed by atoms with Gasteiger partial charge in [-0.1, -0.05) is 97.1 Å². The predicted molar refractivity (Wildman–Crippen MR) is 174 cm³/mol. The van der Waals surface area contributed by atoms with E-state index in [9.17, 15) is 0 Å². The summed E-state index contributed by atoms with van der Waals surface area (Å²) in [6.45, 7) is 0. The number of nitrogens with zero attached hydrogens (tertiary/aromatic N) is 4. The molecule has 0 amide bonds. The number of benzene rings is 6. The highest BCUT2D eigenvalue weighted by molar-refractivity contribution is 6.22. The molecule has 0 unspecified atom stereocenters. The largest absolute Gasteiger partial charge is 0.309 e. The van der Waals surface area contributed by atoms with Crippen molar-refractivity contribution in [2.24, 2.45) is 0 Å². The van der Waals surface area contributed by atoms with Crippen molar-refractivity contribution in [1.29, 1.82) is 0 Å². The van der Waals surface area contributed by atoms with Crippen molar-refractivity contribution in [3.05, 3.63) is 146 Å². The number of hydrogen-bond donors (Lipinski definition) is 0. The first kappa shape index (κ1) is 23.0. The maximum absolute atomic E-state index is 4.76. The molecule has 3 aromatic heterocycles. The lowest BCUT2D eigenvalue weighted by molar-refractivity contribution is 1.08. The zero-order valence-electron chi connectivity index (χ0n) is 22.6. The summed E-state index contributed by atoms with van der Waals surface area (Å²) in [5.74, 6) is 0.724.